The zero-order chi connectivity index (χ0) is 14.7. The van der Waals surface area contributed by atoms with Crippen molar-refractivity contribution in [2.24, 2.45) is 5.92 Å². The van der Waals surface area contributed by atoms with Gasteiger partial charge in [0, 0.05) is 30.2 Å². The largest absolute Gasteiger partial charge is 0.308 e. The predicted molar refractivity (Wildman–Crippen MR) is 85.6 cm³/mol. The molecular weight excluding hydrogens is 232 g/mol. The second-order valence-electron chi connectivity index (χ2n) is 7.37. The summed E-state index contributed by atoms with van der Waals surface area (Å²) >= 11 is 0. The summed E-state index contributed by atoms with van der Waals surface area (Å²) in [6.45, 7) is 18.9. The molecule has 1 N–H and O–H groups in total. The molecule has 1 unspecified atom stereocenters. The van der Waals surface area contributed by atoms with E-state index in [0.29, 0.717) is 17.1 Å². The Morgan fingerprint density at radius 2 is 1.79 bits per heavy atom. The van der Waals surface area contributed by atoms with Crippen LogP contribution in [0.15, 0.2) is 0 Å². The minimum absolute atomic E-state index is 0.321. The Hall–Kier alpha value is -0.0800. The lowest BCUT2D eigenvalue weighted by molar-refractivity contribution is -0.0244. The van der Waals surface area contributed by atoms with E-state index >= 15 is 0 Å². The molecule has 114 valence electrons. The topological polar surface area (TPSA) is 15.3 Å². The van der Waals surface area contributed by atoms with E-state index in [1.165, 1.54) is 32.2 Å². The van der Waals surface area contributed by atoms with E-state index in [1.54, 1.807) is 0 Å². The molecule has 0 bridgehead atoms. The first-order chi connectivity index (χ1) is 8.82. The monoisotopic (exact) mass is 268 g/mol. The Labute approximate surface area is 121 Å². The minimum Gasteiger partial charge on any atom is -0.308 e. The summed E-state index contributed by atoms with van der Waals surface area (Å²) in [5.74, 6) is 0.718. The van der Waals surface area contributed by atoms with Gasteiger partial charge in [-0.3, -0.25) is 4.90 Å². The summed E-state index contributed by atoms with van der Waals surface area (Å²) in [5, 5.41) is 3.87. The van der Waals surface area contributed by atoms with Crippen LogP contribution in [0.1, 0.15) is 74.1 Å². The van der Waals surface area contributed by atoms with Gasteiger partial charge in [-0.1, -0.05) is 41.0 Å². The highest BCUT2D eigenvalue weighted by molar-refractivity contribution is 5.01. The van der Waals surface area contributed by atoms with Gasteiger partial charge >= 0.3 is 0 Å². The Bertz CT molecular complexity index is 266. The summed E-state index contributed by atoms with van der Waals surface area (Å²) in [6.07, 6.45) is 5.02. The van der Waals surface area contributed by atoms with E-state index in [-0.39, 0.29) is 0 Å². The van der Waals surface area contributed by atoms with Crippen molar-refractivity contribution in [3.8, 4) is 0 Å². The van der Waals surface area contributed by atoms with Crippen molar-refractivity contribution in [3.05, 3.63) is 0 Å². The van der Waals surface area contributed by atoms with Crippen LogP contribution in [0.5, 0.6) is 0 Å². The average Bonchev–Trinajstić information content (AvgIpc) is 2.37. The van der Waals surface area contributed by atoms with E-state index < -0.39 is 0 Å². The SMILES string of the molecule is CCCC(C)(C)N1CC(CC)(CC)NCC1C(C)C. The van der Waals surface area contributed by atoms with Crippen molar-refractivity contribution in [2.75, 3.05) is 13.1 Å². The Kier molecular flexibility index (Phi) is 5.88. The molecule has 0 aromatic carbocycles. The maximum atomic E-state index is 3.87. The maximum Gasteiger partial charge on any atom is 0.0304 e. The van der Waals surface area contributed by atoms with Crippen LogP contribution in [0.2, 0.25) is 0 Å². The summed E-state index contributed by atoms with van der Waals surface area (Å²) in [7, 11) is 0. The van der Waals surface area contributed by atoms with Crippen molar-refractivity contribution in [3.63, 3.8) is 0 Å². The van der Waals surface area contributed by atoms with Crippen LogP contribution in [0.4, 0.5) is 0 Å². The highest BCUT2D eigenvalue weighted by Crippen LogP contribution is 2.33. The van der Waals surface area contributed by atoms with E-state index in [9.17, 15) is 0 Å². The summed E-state index contributed by atoms with van der Waals surface area (Å²) < 4.78 is 0. The molecule has 0 saturated carbocycles. The summed E-state index contributed by atoms with van der Waals surface area (Å²) in [6, 6.07) is 0.674. The van der Waals surface area contributed by atoms with Gasteiger partial charge in [0.25, 0.3) is 0 Å². The highest BCUT2D eigenvalue weighted by Gasteiger charge is 2.43. The molecule has 1 rings (SSSR count). The molecule has 0 radical (unpaired) electrons. The molecule has 0 aromatic heterocycles. The van der Waals surface area contributed by atoms with E-state index in [2.05, 4.69) is 58.7 Å². The molecule has 19 heavy (non-hydrogen) atoms. The third-order valence-corrected chi connectivity index (χ3v) is 5.32. The number of nitrogens with one attached hydrogen (secondary N) is 1. The molecule has 1 saturated heterocycles. The van der Waals surface area contributed by atoms with Gasteiger partial charge in [-0.15, -0.1) is 0 Å². The second kappa shape index (κ2) is 6.58. The van der Waals surface area contributed by atoms with Gasteiger partial charge in [-0.05, 0) is 39.0 Å². The molecule has 1 atom stereocenters. The van der Waals surface area contributed by atoms with Crippen LogP contribution < -0.4 is 5.32 Å². The van der Waals surface area contributed by atoms with Crippen molar-refractivity contribution in [1.29, 1.82) is 0 Å². The van der Waals surface area contributed by atoms with Gasteiger partial charge in [0.15, 0.2) is 0 Å². The standard InChI is InChI=1S/C17H36N2/c1-8-11-16(6,7)19-13-17(9-2,10-3)18-12-15(19)14(4)5/h14-15,18H,8-13H2,1-7H3. The average molecular weight is 268 g/mol. The molecule has 1 aliphatic heterocycles. The molecule has 0 aromatic rings. The fourth-order valence-electron chi connectivity index (χ4n) is 3.67. The molecule has 1 fully saturated rings. The zero-order valence-electron chi connectivity index (χ0n) is 14.3. The van der Waals surface area contributed by atoms with Crippen molar-refractivity contribution in [2.45, 2.75) is 91.3 Å². The first-order valence-electron chi connectivity index (χ1n) is 8.33. The molecule has 0 spiro atoms. The summed E-state index contributed by atoms with van der Waals surface area (Å²) in [4.78, 5) is 2.81. The van der Waals surface area contributed by atoms with E-state index in [0.717, 1.165) is 12.5 Å². The summed E-state index contributed by atoms with van der Waals surface area (Å²) in [5.41, 5.74) is 0.651. The third kappa shape index (κ3) is 3.72. The molecular formula is C17H36N2. The van der Waals surface area contributed by atoms with Gasteiger partial charge in [-0.2, -0.15) is 0 Å². The zero-order valence-corrected chi connectivity index (χ0v) is 14.3. The lowest BCUT2D eigenvalue weighted by Crippen LogP contribution is -2.69. The number of hydrogen-bond donors (Lipinski definition) is 1. The van der Waals surface area contributed by atoms with Crippen LogP contribution in [0, 0.1) is 5.92 Å². The first-order valence-corrected chi connectivity index (χ1v) is 8.33. The molecule has 0 aliphatic carbocycles. The van der Waals surface area contributed by atoms with Gasteiger partial charge < -0.3 is 5.32 Å². The fourth-order valence-corrected chi connectivity index (χ4v) is 3.67. The van der Waals surface area contributed by atoms with Gasteiger partial charge in [0.1, 0.15) is 0 Å². The van der Waals surface area contributed by atoms with Crippen molar-refractivity contribution >= 4 is 0 Å². The van der Waals surface area contributed by atoms with Crippen LogP contribution in [0.25, 0.3) is 0 Å². The highest BCUT2D eigenvalue weighted by atomic mass is 15.3. The Morgan fingerprint density at radius 3 is 2.21 bits per heavy atom. The normalized spacial score (nSPS) is 24.9. The fraction of sp³-hybridized carbons (Fsp3) is 1.00. The van der Waals surface area contributed by atoms with E-state index in [1.807, 2.05) is 0 Å². The Balaban J connectivity index is 2.96. The minimum atomic E-state index is 0.321. The molecule has 2 nitrogen and oxygen atoms in total. The number of piperazine rings is 1. The first kappa shape index (κ1) is 17.0. The third-order valence-electron chi connectivity index (χ3n) is 5.32. The lowest BCUT2D eigenvalue weighted by Gasteiger charge is -2.55. The van der Waals surface area contributed by atoms with Crippen LogP contribution in [0.3, 0.4) is 0 Å². The van der Waals surface area contributed by atoms with Gasteiger partial charge in [-0.25, -0.2) is 0 Å². The van der Waals surface area contributed by atoms with E-state index in [4.69, 9.17) is 0 Å². The van der Waals surface area contributed by atoms with Gasteiger partial charge in [0.05, 0.1) is 0 Å². The number of hydrogen-bond acceptors (Lipinski definition) is 2. The molecule has 0 amide bonds. The van der Waals surface area contributed by atoms with Crippen LogP contribution in [-0.4, -0.2) is 35.1 Å². The number of nitrogens with zero attached hydrogens (tertiary/aromatic N) is 1. The number of rotatable bonds is 6. The molecule has 1 aliphatic rings. The molecule has 1 heterocycles. The van der Waals surface area contributed by atoms with Crippen LogP contribution >= 0.6 is 0 Å². The maximum absolute atomic E-state index is 3.87. The molecule has 2 heteroatoms. The van der Waals surface area contributed by atoms with Gasteiger partial charge in [0.2, 0.25) is 0 Å². The van der Waals surface area contributed by atoms with Crippen molar-refractivity contribution in [1.82, 2.24) is 10.2 Å². The van der Waals surface area contributed by atoms with Crippen LogP contribution in [-0.2, 0) is 0 Å². The second-order valence-corrected chi connectivity index (χ2v) is 7.37. The van der Waals surface area contributed by atoms with Crippen molar-refractivity contribution < 1.29 is 0 Å². The Morgan fingerprint density at radius 1 is 1.21 bits per heavy atom. The predicted octanol–water partition coefficient (Wildman–Crippen LogP) is 4.05. The quantitative estimate of drug-likeness (QED) is 0.781. The smallest absolute Gasteiger partial charge is 0.0304 e. The lowest BCUT2D eigenvalue weighted by atomic mass is 9.82.